The molecule has 0 spiro atoms. The molecule has 0 aliphatic carbocycles. The lowest BCUT2D eigenvalue weighted by atomic mass is 9.85. The monoisotopic (exact) mass is 350 g/mol. The van der Waals surface area contributed by atoms with Crippen LogP contribution in [0.3, 0.4) is 0 Å². The fourth-order valence-corrected chi connectivity index (χ4v) is 3.58. The van der Waals surface area contributed by atoms with E-state index in [1.807, 2.05) is 81.4 Å². The maximum absolute atomic E-state index is 13.4. The Morgan fingerprint density at radius 1 is 1.04 bits per heavy atom. The zero-order valence-corrected chi connectivity index (χ0v) is 15.7. The summed E-state index contributed by atoms with van der Waals surface area (Å²) >= 11 is 0. The highest BCUT2D eigenvalue weighted by Gasteiger charge is 2.52. The van der Waals surface area contributed by atoms with E-state index in [0.717, 1.165) is 11.1 Å². The van der Waals surface area contributed by atoms with Crippen molar-refractivity contribution >= 4 is 11.8 Å². The quantitative estimate of drug-likeness (QED) is 0.915. The Balaban J connectivity index is 2.06. The molecule has 1 aliphatic heterocycles. The molecule has 0 saturated carbocycles. The summed E-state index contributed by atoms with van der Waals surface area (Å²) < 4.78 is 0. The predicted octanol–water partition coefficient (Wildman–Crippen LogP) is 3.62. The van der Waals surface area contributed by atoms with Crippen molar-refractivity contribution in [3.05, 3.63) is 71.8 Å². The summed E-state index contributed by atoms with van der Waals surface area (Å²) in [6.07, 6.45) is 0.865. The minimum atomic E-state index is -0.971. The number of nitrogens with one attached hydrogen (secondary N) is 1. The number of nitrogens with zero attached hydrogens (tertiary/aromatic N) is 1. The average molecular weight is 350 g/mol. The van der Waals surface area contributed by atoms with Crippen LogP contribution in [0.2, 0.25) is 0 Å². The van der Waals surface area contributed by atoms with Crippen LogP contribution < -0.4 is 5.32 Å². The number of likely N-dealkylation sites (tertiary alicyclic amines) is 1. The van der Waals surface area contributed by atoms with Crippen molar-refractivity contribution < 1.29 is 9.59 Å². The molecule has 4 heteroatoms. The SMILES string of the molecule is CC(C)(C)NC(=O)C1(c2ccccc2)CCC(=O)N1Cc1ccccc1. The van der Waals surface area contributed by atoms with Crippen LogP contribution in [0.1, 0.15) is 44.7 Å². The van der Waals surface area contributed by atoms with Gasteiger partial charge in [-0.05, 0) is 38.3 Å². The summed E-state index contributed by atoms with van der Waals surface area (Å²) in [5.41, 5.74) is 0.542. The summed E-state index contributed by atoms with van der Waals surface area (Å²) in [5, 5.41) is 3.10. The van der Waals surface area contributed by atoms with Crippen LogP contribution >= 0.6 is 0 Å². The Morgan fingerprint density at radius 3 is 2.19 bits per heavy atom. The van der Waals surface area contributed by atoms with Gasteiger partial charge >= 0.3 is 0 Å². The zero-order valence-electron chi connectivity index (χ0n) is 15.7. The summed E-state index contributed by atoms with van der Waals surface area (Å²) in [6, 6.07) is 19.5. The van der Waals surface area contributed by atoms with Gasteiger partial charge in [-0.25, -0.2) is 0 Å². The van der Waals surface area contributed by atoms with Gasteiger partial charge in [0.15, 0.2) is 0 Å². The number of amides is 2. The molecule has 1 heterocycles. The Morgan fingerprint density at radius 2 is 1.62 bits per heavy atom. The van der Waals surface area contributed by atoms with Crippen LogP contribution in [0.15, 0.2) is 60.7 Å². The number of carbonyl (C=O) groups is 2. The Labute approximate surface area is 155 Å². The summed E-state index contributed by atoms with van der Waals surface area (Å²) in [4.78, 5) is 28.0. The normalized spacial score (nSPS) is 20.3. The number of benzene rings is 2. The van der Waals surface area contributed by atoms with Gasteiger partial charge in [0.25, 0.3) is 5.91 Å². The van der Waals surface area contributed by atoms with E-state index in [1.165, 1.54) is 0 Å². The predicted molar refractivity (Wildman–Crippen MR) is 102 cm³/mol. The molecule has 0 aromatic heterocycles. The van der Waals surface area contributed by atoms with E-state index in [2.05, 4.69) is 5.32 Å². The molecule has 2 aromatic rings. The molecule has 0 bridgehead atoms. The molecule has 3 rings (SSSR count). The van der Waals surface area contributed by atoms with Gasteiger partial charge in [0.2, 0.25) is 5.91 Å². The van der Waals surface area contributed by atoms with E-state index in [4.69, 9.17) is 0 Å². The molecule has 2 aromatic carbocycles. The Kier molecular flexibility index (Phi) is 4.86. The molecule has 1 unspecified atom stereocenters. The Hall–Kier alpha value is -2.62. The molecule has 1 saturated heterocycles. The largest absolute Gasteiger partial charge is 0.349 e. The Bertz CT molecular complexity index is 781. The van der Waals surface area contributed by atoms with Gasteiger partial charge in [0, 0.05) is 18.5 Å². The van der Waals surface area contributed by atoms with Crippen LogP contribution in [0.5, 0.6) is 0 Å². The second kappa shape index (κ2) is 6.94. The van der Waals surface area contributed by atoms with Gasteiger partial charge in [0.1, 0.15) is 5.54 Å². The molecule has 1 atom stereocenters. The van der Waals surface area contributed by atoms with E-state index in [9.17, 15) is 9.59 Å². The van der Waals surface area contributed by atoms with Crippen molar-refractivity contribution in [2.75, 3.05) is 0 Å². The minimum Gasteiger partial charge on any atom is -0.349 e. The highest BCUT2D eigenvalue weighted by Crippen LogP contribution is 2.41. The number of carbonyl (C=O) groups excluding carboxylic acids is 2. The molecule has 1 fully saturated rings. The van der Waals surface area contributed by atoms with Crippen molar-refractivity contribution in [3.63, 3.8) is 0 Å². The summed E-state index contributed by atoms with van der Waals surface area (Å²) in [6.45, 7) is 6.30. The lowest BCUT2D eigenvalue weighted by Crippen LogP contribution is -2.57. The minimum absolute atomic E-state index is 0.0155. The van der Waals surface area contributed by atoms with Gasteiger partial charge in [-0.3, -0.25) is 9.59 Å². The number of rotatable bonds is 4. The van der Waals surface area contributed by atoms with E-state index in [1.54, 1.807) is 4.90 Å². The van der Waals surface area contributed by atoms with Crippen molar-refractivity contribution in [2.24, 2.45) is 0 Å². The first-order chi connectivity index (χ1) is 12.3. The maximum Gasteiger partial charge on any atom is 0.251 e. The summed E-state index contributed by atoms with van der Waals surface area (Å²) in [7, 11) is 0. The molecule has 2 amide bonds. The van der Waals surface area contributed by atoms with E-state index in [0.29, 0.717) is 19.4 Å². The first-order valence-electron chi connectivity index (χ1n) is 9.05. The van der Waals surface area contributed by atoms with Crippen LogP contribution in [-0.4, -0.2) is 22.3 Å². The first kappa shape index (κ1) is 18.2. The first-order valence-corrected chi connectivity index (χ1v) is 9.05. The molecule has 1 N–H and O–H groups in total. The summed E-state index contributed by atoms with van der Waals surface area (Å²) in [5.74, 6) is -0.0975. The third kappa shape index (κ3) is 3.50. The molecular weight excluding hydrogens is 324 g/mol. The fourth-order valence-electron chi connectivity index (χ4n) is 3.58. The fraction of sp³-hybridized carbons (Fsp3) is 0.364. The standard InChI is InChI=1S/C22H26N2O2/c1-21(2,3)23-20(26)22(18-12-8-5-9-13-18)15-14-19(25)24(22)16-17-10-6-4-7-11-17/h4-13H,14-16H2,1-3H3,(H,23,26). The molecule has 0 radical (unpaired) electrons. The van der Waals surface area contributed by atoms with Gasteiger partial charge in [-0.15, -0.1) is 0 Å². The van der Waals surface area contributed by atoms with Crippen LogP contribution in [0.4, 0.5) is 0 Å². The van der Waals surface area contributed by atoms with Gasteiger partial charge in [-0.1, -0.05) is 60.7 Å². The average Bonchev–Trinajstić information content (AvgIpc) is 2.93. The number of hydrogen-bond donors (Lipinski definition) is 1. The molecule has 136 valence electrons. The lowest BCUT2D eigenvalue weighted by Gasteiger charge is -2.39. The van der Waals surface area contributed by atoms with Gasteiger partial charge in [0.05, 0.1) is 0 Å². The van der Waals surface area contributed by atoms with Crippen LogP contribution in [0.25, 0.3) is 0 Å². The topological polar surface area (TPSA) is 49.4 Å². The second-order valence-corrected chi connectivity index (χ2v) is 7.90. The zero-order chi connectivity index (χ0) is 18.8. The van der Waals surface area contributed by atoms with E-state index < -0.39 is 5.54 Å². The molecule has 26 heavy (non-hydrogen) atoms. The van der Waals surface area contributed by atoms with E-state index >= 15 is 0 Å². The highest BCUT2D eigenvalue weighted by atomic mass is 16.2. The molecule has 1 aliphatic rings. The molecule has 4 nitrogen and oxygen atoms in total. The van der Waals surface area contributed by atoms with E-state index in [-0.39, 0.29) is 17.4 Å². The van der Waals surface area contributed by atoms with Crippen molar-refractivity contribution in [3.8, 4) is 0 Å². The van der Waals surface area contributed by atoms with Crippen molar-refractivity contribution in [2.45, 2.75) is 51.2 Å². The van der Waals surface area contributed by atoms with Crippen LogP contribution in [0, 0.1) is 0 Å². The highest BCUT2D eigenvalue weighted by molar-refractivity contribution is 5.96. The third-order valence-electron chi connectivity index (χ3n) is 4.76. The smallest absolute Gasteiger partial charge is 0.251 e. The van der Waals surface area contributed by atoms with Gasteiger partial charge < -0.3 is 10.2 Å². The number of hydrogen-bond acceptors (Lipinski definition) is 2. The van der Waals surface area contributed by atoms with Gasteiger partial charge in [-0.2, -0.15) is 0 Å². The lowest BCUT2D eigenvalue weighted by molar-refractivity contribution is -0.143. The van der Waals surface area contributed by atoms with Crippen molar-refractivity contribution in [1.82, 2.24) is 10.2 Å². The third-order valence-corrected chi connectivity index (χ3v) is 4.76. The second-order valence-electron chi connectivity index (χ2n) is 7.90. The van der Waals surface area contributed by atoms with Crippen molar-refractivity contribution in [1.29, 1.82) is 0 Å². The molecular formula is C22H26N2O2. The maximum atomic E-state index is 13.4. The van der Waals surface area contributed by atoms with Crippen LogP contribution in [-0.2, 0) is 21.7 Å².